The Bertz CT molecular complexity index is 555. The van der Waals surface area contributed by atoms with E-state index in [0.29, 0.717) is 24.3 Å². The zero-order valence-corrected chi connectivity index (χ0v) is 12.5. The van der Waals surface area contributed by atoms with Gasteiger partial charge in [-0.25, -0.2) is 4.39 Å². The van der Waals surface area contributed by atoms with E-state index in [2.05, 4.69) is 0 Å². The number of rotatable bonds is 6. The van der Waals surface area contributed by atoms with Crippen LogP contribution in [0.3, 0.4) is 0 Å². The van der Waals surface area contributed by atoms with Crippen LogP contribution in [0, 0.1) is 12.7 Å². The Hall–Kier alpha value is -1.95. The summed E-state index contributed by atoms with van der Waals surface area (Å²) in [6.07, 6.45) is 1.62. The molecule has 0 bridgehead atoms. The Morgan fingerprint density at radius 3 is 2.82 bits per heavy atom. The average molecular weight is 309 g/mol. The van der Waals surface area contributed by atoms with Crippen LogP contribution in [-0.4, -0.2) is 47.7 Å². The molecule has 1 unspecified atom stereocenters. The number of carboxylic acids is 1. The molecule has 1 aromatic rings. The van der Waals surface area contributed by atoms with Crippen LogP contribution in [0.5, 0.6) is 0 Å². The van der Waals surface area contributed by atoms with E-state index in [1.54, 1.807) is 6.92 Å². The molecule has 1 aromatic carbocycles. The second-order valence-electron chi connectivity index (χ2n) is 5.49. The summed E-state index contributed by atoms with van der Waals surface area (Å²) in [4.78, 5) is 24.8. The van der Waals surface area contributed by atoms with Gasteiger partial charge < -0.3 is 14.7 Å². The van der Waals surface area contributed by atoms with E-state index in [4.69, 9.17) is 9.84 Å². The maximum Gasteiger partial charge on any atom is 0.305 e. The molecule has 1 amide bonds. The second kappa shape index (κ2) is 7.35. The predicted octanol–water partition coefficient (Wildman–Crippen LogP) is 2.23. The van der Waals surface area contributed by atoms with Gasteiger partial charge in [0.25, 0.3) is 5.91 Å². The summed E-state index contributed by atoms with van der Waals surface area (Å²) in [5, 5.41) is 8.84. The number of carbonyl (C=O) groups excluding carboxylic acids is 1. The van der Waals surface area contributed by atoms with Gasteiger partial charge in [0.2, 0.25) is 0 Å². The number of benzene rings is 1. The molecule has 2 rings (SSSR count). The molecular formula is C16H20FNO4. The van der Waals surface area contributed by atoms with Crippen molar-refractivity contribution >= 4 is 11.9 Å². The van der Waals surface area contributed by atoms with Gasteiger partial charge in [-0.05, 0) is 43.5 Å². The van der Waals surface area contributed by atoms with Gasteiger partial charge in [-0.1, -0.05) is 0 Å². The first-order valence-corrected chi connectivity index (χ1v) is 7.36. The molecule has 1 aliphatic rings. The van der Waals surface area contributed by atoms with E-state index in [9.17, 15) is 14.0 Å². The molecule has 1 N–H and O–H groups in total. The summed E-state index contributed by atoms with van der Waals surface area (Å²) in [7, 11) is 0. The van der Waals surface area contributed by atoms with E-state index >= 15 is 0 Å². The molecular weight excluding hydrogens is 289 g/mol. The maximum atomic E-state index is 13.3. The molecule has 0 radical (unpaired) electrons. The summed E-state index contributed by atoms with van der Waals surface area (Å²) in [5.41, 5.74) is 0.753. The van der Waals surface area contributed by atoms with Crippen LogP contribution in [0.1, 0.15) is 35.2 Å². The number of aryl methyl sites for hydroxylation is 1. The molecule has 1 fully saturated rings. The topological polar surface area (TPSA) is 66.8 Å². The highest BCUT2D eigenvalue weighted by molar-refractivity contribution is 5.94. The van der Waals surface area contributed by atoms with E-state index in [1.165, 1.54) is 23.1 Å². The van der Waals surface area contributed by atoms with Crippen LogP contribution in [-0.2, 0) is 9.53 Å². The third-order valence-corrected chi connectivity index (χ3v) is 3.74. The van der Waals surface area contributed by atoms with Gasteiger partial charge >= 0.3 is 5.97 Å². The fourth-order valence-electron chi connectivity index (χ4n) is 2.50. The lowest BCUT2D eigenvalue weighted by Gasteiger charge is -2.25. The highest BCUT2D eigenvalue weighted by atomic mass is 19.1. The highest BCUT2D eigenvalue weighted by Crippen LogP contribution is 2.17. The van der Waals surface area contributed by atoms with Gasteiger partial charge in [-0.2, -0.15) is 0 Å². The van der Waals surface area contributed by atoms with Gasteiger partial charge in [0.15, 0.2) is 0 Å². The SMILES string of the molecule is Cc1cc(C(=O)N(CCC(=O)O)CC2CCCO2)ccc1F. The second-order valence-corrected chi connectivity index (χ2v) is 5.49. The summed E-state index contributed by atoms with van der Waals surface area (Å²) < 4.78 is 18.8. The van der Waals surface area contributed by atoms with Gasteiger partial charge in [0, 0.05) is 25.3 Å². The van der Waals surface area contributed by atoms with Gasteiger partial charge in [0.1, 0.15) is 5.82 Å². The average Bonchev–Trinajstić information content (AvgIpc) is 2.98. The first-order valence-electron chi connectivity index (χ1n) is 7.36. The van der Waals surface area contributed by atoms with Gasteiger partial charge in [0.05, 0.1) is 12.5 Å². The fraction of sp³-hybridized carbons (Fsp3) is 0.500. The van der Waals surface area contributed by atoms with Crippen molar-refractivity contribution in [2.75, 3.05) is 19.7 Å². The number of amides is 1. The van der Waals surface area contributed by atoms with E-state index in [0.717, 1.165) is 12.8 Å². The lowest BCUT2D eigenvalue weighted by atomic mass is 10.1. The van der Waals surface area contributed by atoms with Crippen LogP contribution >= 0.6 is 0 Å². The summed E-state index contributed by atoms with van der Waals surface area (Å²) >= 11 is 0. The van der Waals surface area contributed by atoms with Crippen molar-refractivity contribution in [3.05, 3.63) is 35.1 Å². The number of halogens is 1. The number of carbonyl (C=O) groups is 2. The minimum Gasteiger partial charge on any atom is -0.481 e. The van der Waals surface area contributed by atoms with Crippen LogP contribution in [0.4, 0.5) is 4.39 Å². The molecule has 1 aliphatic heterocycles. The Kier molecular flexibility index (Phi) is 5.49. The van der Waals surface area contributed by atoms with Crippen LogP contribution in [0.2, 0.25) is 0 Å². The highest BCUT2D eigenvalue weighted by Gasteiger charge is 2.24. The van der Waals surface area contributed by atoms with Crippen molar-refractivity contribution < 1.29 is 23.8 Å². The van der Waals surface area contributed by atoms with Crippen LogP contribution in [0.25, 0.3) is 0 Å². The van der Waals surface area contributed by atoms with Gasteiger partial charge in [-0.3, -0.25) is 9.59 Å². The fourth-order valence-corrected chi connectivity index (χ4v) is 2.50. The first kappa shape index (κ1) is 16.4. The van der Waals surface area contributed by atoms with Gasteiger partial charge in [-0.15, -0.1) is 0 Å². The first-order chi connectivity index (χ1) is 10.5. The maximum absolute atomic E-state index is 13.3. The summed E-state index contributed by atoms with van der Waals surface area (Å²) in [6, 6.07) is 4.17. The van der Waals surface area contributed by atoms with Crippen molar-refractivity contribution in [2.24, 2.45) is 0 Å². The Morgan fingerprint density at radius 1 is 1.45 bits per heavy atom. The van der Waals surface area contributed by atoms with Crippen molar-refractivity contribution in [3.8, 4) is 0 Å². The zero-order chi connectivity index (χ0) is 16.1. The van der Waals surface area contributed by atoms with Crippen LogP contribution < -0.4 is 0 Å². The van der Waals surface area contributed by atoms with Crippen molar-refractivity contribution in [1.29, 1.82) is 0 Å². The number of hydrogen-bond acceptors (Lipinski definition) is 3. The molecule has 0 aromatic heterocycles. The Labute approximate surface area is 128 Å². The quantitative estimate of drug-likeness (QED) is 0.875. The standard InChI is InChI=1S/C16H20FNO4/c1-11-9-12(4-5-14(11)17)16(21)18(7-6-15(19)20)10-13-3-2-8-22-13/h4-5,9,13H,2-3,6-8,10H2,1H3,(H,19,20). The van der Waals surface area contributed by atoms with E-state index in [-0.39, 0.29) is 30.8 Å². The third-order valence-electron chi connectivity index (χ3n) is 3.74. The molecule has 5 nitrogen and oxygen atoms in total. The third kappa shape index (κ3) is 4.27. The molecule has 22 heavy (non-hydrogen) atoms. The smallest absolute Gasteiger partial charge is 0.305 e. The number of ether oxygens (including phenoxy) is 1. The molecule has 0 aliphatic carbocycles. The Balaban J connectivity index is 2.12. The number of hydrogen-bond donors (Lipinski definition) is 1. The Morgan fingerprint density at radius 2 is 2.23 bits per heavy atom. The summed E-state index contributed by atoms with van der Waals surface area (Å²) in [5.74, 6) is -1.62. The summed E-state index contributed by atoms with van der Waals surface area (Å²) in [6.45, 7) is 2.74. The normalized spacial score (nSPS) is 17.5. The predicted molar refractivity (Wildman–Crippen MR) is 78.3 cm³/mol. The molecule has 1 heterocycles. The van der Waals surface area contributed by atoms with Crippen molar-refractivity contribution in [2.45, 2.75) is 32.3 Å². The molecule has 120 valence electrons. The zero-order valence-electron chi connectivity index (χ0n) is 12.5. The largest absolute Gasteiger partial charge is 0.481 e. The minimum absolute atomic E-state index is 0.0562. The number of carboxylic acid groups (broad SMARTS) is 1. The van der Waals surface area contributed by atoms with Crippen LogP contribution in [0.15, 0.2) is 18.2 Å². The van der Waals surface area contributed by atoms with E-state index in [1.807, 2.05) is 0 Å². The minimum atomic E-state index is -0.958. The molecule has 1 saturated heterocycles. The van der Waals surface area contributed by atoms with Crippen molar-refractivity contribution in [3.63, 3.8) is 0 Å². The molecule has 1 atom stereocenters. The molecule has 0 spiro atoms. The number of aliphatic carboxylic acids is 1. The van der Waals surface area contributed by atoms with E-state index < -0.39 is 5.97 Å². The lowest BCUT2D eigenvalue weighted by molar-refractivity contribution is -0.137. The lowest BCUT2D eigenvalue weighted by Crippen LogP contribution is -2.38. The molecule has 6 heteroatoms. The van der Waals surface area contributed by atoms with Crippen molar-refractivity contribution in [1.82, 2.24) is 4.90 Å². The monoisotopic (exact) mass is 309 g/mol. The molecule has 0 saturated carbocycles. The number of nitrogens with zero attached hydrogens (tertiary/aromatic N) is 1.